The first-order chi connectivity index (χ1) is 21.2. The largest absolute Gasteiger partial charge is 0.492 e. The molecule has 5 rings (SSSR count). The van der Waals surface area contributed by atoms with Crippen molar-refractivity contribution in [2.75, 3.05) is 82.4 Å². The lowest BCUT2D eigenvalue weighted by Gasteiger charge is -2.33. The van der Waals surface area contributed by atoms with Crippen molar-refractivity contribution in [3.63, 3.8) is 0 Å². The quantitative estimate of drug-likeness (QED) is 0.292. The van der Waals surface area contributed by atoms with Crippen LogP contribution in [0.2, 0.25) is 0 Å². The van der Waals surface area contributed by atoms with E-state index in [9.17, 15) is 22.2 Å². The van der Waals surface area contributed by atoms with Crippen molar-refractivity contribution in [2.45, 2.75) is 19.9 Å². The molecule has 2 fully saturated rings. The lowest BCUT2D eigenvalue weighted by Crippen LogP contribution is -2.47. The van der Waals surface area contributed by atoms with Crippen LogP contribution in [0.1, 0.15) is 24.8 Å². The van der Waals surface area contributed by atoms with E-state index in [-0.39, 0.29) is 11.5 Å². The van der Waals surface area contributed by atoms with Crippen molar-refractivity contribution in [3.8, 4) is 17.2 Å². The molecule has 10 nitrogen and oxygen atoms in total. The number of hydrogen-bond donors (Lipinski definition) is 0. The first-order valence-corrected chi connectivity index (χ1v) is 16.1. The molecule has 2 aliphatic rings. The normalized spacial score (nSPS) is 16.5. The Balaban J connectivity index is 0.000000421. The number of hydrogen-bond acceptors (Lipinski definition) is 9. The number of carbonyl (C=O) groups excluding carboxylic acids is 1. The van der Waals surface area contributed by atoms with E-state index in [1.165, 1.54) is 6.07 Å². The van der Waals surface area contributed by atoms with Crippen molar-refractivity contribution < 1.29 is 31.3 Å². The second-order valence-corrected chi connectivity index (χ2v) is 12.2. The van der Waals surface area contributed by atoms with Gasteiger partial charge in [-0.2, -0.15) is 8.78 Å². The van der Waals surface area contributed by atoms with Crippen molar-refractivity contribution in [1.29, 1.82) is 0 Å². The van der Waals surface area contributed by atoms with E-state index in [2.05, 4.69) is 26.9 Å². The van der Waals surface area contributed by atoms with Gasteiger partial charge >= 0.3 is 6.43 Å². The van der Waals surface area contributed by atoms with E-state index in [0.29, 0.717) is 43.3 Å². The van der Waals surface area contributed by atoms with Gasteiger partial charge in [-0.05, 0) is 42.9 Å². The highest BCUT2D eigenvalue weighted by molar-refractivity contribution is 7.85. The summed E-state index contributed by atoms with van der Waals surface area (Å²) in [5, 5.41) is 6.84. The Morgan fingerprint density at radius 1 is 1.02 bits per heavy atom. The maximum absolute atomic E-state index is 14.7. The van der Waals surface area contributed by atoms with Crippen molar-refractivity contribution >= 4 is 22.9 Å². The molecular weight excluding hydrogens is 597 g/mol. The Morgan fingerprint density at radius 3 is 2.30 bits per heavy atom. The second kappa shape index (κ2) is 16.5. The number of piperazine rings is 1. The standard InChI is InChI=1S/C25H30F3N5O2.C5H9NO2S/c1-3-32-10-12-33(13-11-32)14-15-34-21-8-6-20(7-9-21)31(2)17-19-5-4-18(16-22(19)26)24-29-30-25(35-24)23(27)28;7-5-6-1-3-9(8)4-2-6/h4-9,16,23H,3,10-15,17H2,1-2H3;5H,1-4H2. The maximum Gasteiger partial charge on any atom is 0.314 e. The predicted octanol–water partition coefficient (Wildman–Crippen LogP) is 3.67. The number of rotatable bonds is 11. The average Bonchev–Trinajstić information content (AvgIpc) is 3.54. The SMILES string of the molecule is CCN1CCN(CCOc2ccc(N(C)Cc3ccc(-c4nnc(C(F)F)o4)cc3F)cc2)CC1.O=CN1CCS(=O)CC1. The molecule has 1 aromatic heterocycles. The van der Waals surface area contributed by atoms with Crippen LogP contribution >= 0.6 is 0 Å². The van der Waals surface area contributed by atoms with Gasteiger partial charge in [0.05, 0.1) is 0 Å². The zero-order valence-corrected chi connectivity index (χ0v) is 25.9. The van der Waals surface area contributed by atoms with Crippen LogP contribution < -0.4 is 9.64 Å². The lowest BCUT2D eigenvalue weighted by molar-refractivity contribution is -0.117. The third-order valence-electron chi connectivity index (χ3n) is 7.56. The maximum atomic E-state index is 14.7. The number of benzene rings is 2. The van der Waals surface area contributed by atoms with Gasteiger partial charge in [-0.15, -0.1) is 10.2 Å². The molecule has 240 valence electrons. The highest BCUT2D eigenvalue weighted by atomic mass is 32.2. The molecule has 0 atom stereocenters. The molecule has 14 heteroatoms. The number of halogens is 3. The van der Waals surface area contributed by atoms with Crippen molar-refractivity contribution in [2.24, 2.45) is 0 Å². The number of nitrogens with zero attached hydrogens (tertiary/aromatic N) is 6. The highest BCUT2D eigenvalue weighted by Gasteiger charge is 2.19. The summed E-state index contributed by atoms with van der Waals surface area (Å²) in [6, 6.07) is 12.1. The van der Waals surface area contributed by atoms with E-state index in [4.69, 9.17) is 9.15 Å². The van der Waals surface area contributed by atoms with E-state index in [1.54, 1.807) is 17.0 Å². The van der Waals surface area contributed by atoms with Gasteiger partial charge in [0.2, 0.25) is 12.3 Å². The van der Waals surface area contributed by atoms with Crippen molar-refractivity contribution in [3.05, 3.63) is 59.7 Å². The molecule has 3 heterocycles. The number of amides is 1. The lowest BCUT2D eigenvalue weighted by atomic mass is 10.1. The number of likely N-dealkylation sites (N-methyl/N-ethyl adjacent to an activating group) is 1. The minimum atomic E-state index is -2.87. The van der Waals surface area contributed by atoms with Crippen LogP contribution in [0.15, 0.2) is 46.9 Å². The fourth-order valence-corrected chi connectivity index (χ4v) is 5.85. The molecule has 2 aromatic carbocycles. The van der Waals surface area contributed by atoms with Gasteiger partial charge < -0.3 is 23.9 Å². The Morgan fingerprint density at radius 2 is 1.70 bits per heavy atom. The van der Waals surface area contributed by atoms with Gasteiger partial charge in [0.1, 0.15) is 18.2 Å². The van der Waals surface area contributed by atoms with Crippen LogP contribution in [0, 0.1) is 5.82 Å². The number of ether oxygens (including phenoxy) is 1. The molecule has 0 aliphatic carbocycles. The molecule has 0 bridgehead atoms. The zero-order valence-electron chi connectivity index (χ0n) is 25.0. The fraction of sp³-hybridized carbons (Fsp3) is 0.500. The summed E-state index contributed by atoms with van der Waals surface area (Å²) >= 11 is 0. The molecular formula is C30H39F3N6O4S. The molecule has 0 unspecified atom stereocenters. The van der Waals surface area contributed by atoms with Crippen molar-refractivity contribution in [1.82, 2.24) is 24.9 Å². The fourth-order valence-electron chi connectivity index (χ4n) is 4.77. The average molecular weight is 637 g/mol. The van der Waals surface area contributed by atoms with Crippen LogP contribution in [-0.4, -0.2) is 113 Å². The number of aromatic nitrogens is 2. The number of anilines is 1. The van der Waals surface area contributed by atoms with Gasteiger partial charge in [0.25, 0.3) is 5.89 Å². The van der Waals surface area contributed by atoms with E-state index >= 15 is 0 Å². The van der Waals surface area contributed by atoms with Gasteiger partial charge in [0.15, 0.2) is 0 Å². The van der Waals surface area contributed by atoms with Gasteiger partial charge in [0, 0.05) is 98.5 Å². The Kier molecular flexibility index (Phi) is 12.6. The zero-order chi connectivity index (χ0) is 31.5. The molecule has 0 saturated carbocycles. The van der Waals surface area contributed by atoms with Crippen LogP contribution in [0.3, 0.4) is 0 Å². The smallest absolute Gasteiger partial charge is 0.314 e. The number of carbonyl (C=O) groups is 1. The minimum Gasteiger partial charge on any atom is -0.492 e. The first-order valence-electron chi connectivity index (χ1n) is 14.6. The minimum absolute atomic E-state index is 0.141. The van der Waals surface area contributed by atoms with E-state index in [0.717, 1.165) is 57.1 Å². The summed E-state index contributed by atoms with van der Waals surface area (Å²) in [4.78, 5) is 18.5. The highest BCUT2D eigenvalue weighted by Crippen LogP contribution is 2.26. The summed E-state index contributed by atoms with van der Waals surface area (Å²) < 4.78 is 61.5. The molecule has 2 saturated heterocycles. The van der Waals surface area contributed by atoms with Gasteiger partial charge in [-0.1, -0.05) is 13.0 Å². The van der Waals surface area contributed by atoms with Crippen LogP contribution in [0.4, 0.5) is 18.9 Å². The van der Waals surface area contributed by atoms with Crippen LogP contribution in [0.5, 0.6) is 5.75 Å². The monoisotopic (exact) mass is 636 g/mol. The third-order valence-corrected chi connectivity index (χ3v) is 8.84. The molecule has 3 aromatic rings. The molecule has 0 radical (unpaired) electrons. The van der Waals surface area contributed by atoms with E-state index in [1.807, 2.05) is 36.2 Å². The predicted molar refractivity (Wildman–Crippen MR) is 163 cm³/mol. The molecule has 0 spiro atoms. The Bertz CT molecular complexity index is 1340. The van der Waals surface area contributed by atoms with Crippen LogP contribution in [0.25, 0.3) is 11.5 Å². The summed E-state index contributed by atoms with van der Waals surface area (Å²) in [5.41, 5.74) is 1.62. The second-order valence-electron chi connectivity index (χ2n) is 10.5. The Labute approximate surface area is 258 Å². The van der Waals surface area contributed by atoms with Crippen LogP contribution in [-0.2, 0) is 22.1 Å². The topological polar surface area (TPSA) is 95.2 Å². The summed E-state index contributed by atoms with van der Waals surface area (Å²) in [7, 11) is 1.20. The molecule has 44 heavy (non-hydrogen) atoms. The van der Waals surface area contributed by atoms with E-state index < -0.39 is 28.9 Å². The summed E-state index contributed by atoms with van der Waals surface area (Å²) in [5.74, 6) is 0.695. The third kappa shape index (κ3) is 9.76. The van der Waals surface area contributed by atoms with Gasteiger partial charge in [-0.25, -0.2) is 4.39 Å². The number of alkyl halides is 2. The molecule has 2 aliphatic heterocycles. The summed E-state index contributed by atoms with van der Waals surface area (Å²) in [6.07, 6.45) is -2.05. The molecule has 1 amide bonds. The van der Waals surface area contributed by atoms with Gasteiger partial charge in [-0.3, -0.25) is 13.9 Å². The molecule has 0 N–H and O–H groups in total. The Hall–Kier alpha value is -3.49. The summed E-state index contributed by atoms with van der Waals surface area (Å²) in [6.45, 7) is 10.9. The first kappa shape index (κ1) is 33.4.